The van der Waals surface area contributed by atoms with E-state index < -0.39 is 11.6 Å². The lowest BCUT2D eigenvalue weighted by Crippen LogP contribution is -2.17. The van der Waals surface area contributed by atoms with Gasteiger partial charge in [-0.05, 0) is 56.4 Å². The van der Waals surface area contributed by atoms with Gasteiger partial charge in [0.1, 0.15) is 23.5 Å². The molecule has 0 amide bonds. The molecule has 2 fully saturated rings. The monoisotopic (exact) mass is 473 g/mol. The van der Waals surface area contributed by atoms with Crippen molar-refractivity contribution < 1.29 is 13.5 Å². The summed E-state index contributed by atoms with van der Waals surface area (Å²) in [5.41, 5.74) is 2.34. The van der Waals surface area contributed by atoms with Crippen LogP contribution in [0.3, 0.4) is 0 Å². The van der Waals surface area contributed by atoms with Gasteiger partial charge in [-0.3, -0.25) is 4.68 Å². The summed E-state index contributed by atoms with van der Waals surface area (Å²) in [5.74, 6) is -0.677. The van der Waals surface area contributed by atoms with Crippen LogP contribution in [0.5, 0.6) is 0 Å². The highest BCUT2D eigenvalue weighted by Gasteiger charge is 2.24. The van der Waals surface area contributed by atoms with Crippen LogP contribution in [0.15, 0.2) is 48.8 Å². The SMILES string of the molecule is Cc1ccc2c(-c3ccc(F)cc3F)nc(C3CCOCC3)nc2c1C#N.c1cnn(C2CC2)c1. The number of benzene rings is 2. The number of hydrogen-bond donors (Lipinski definition) is 0. The topological polar surface area (TPSA) is 76.6 Å². The number of nitriles is 1. The van der Waals surface area contributed by atoms with Crippen LogP contribution >= 0.6 is 0 Å². The van der Waals surface area contributed by atoms with Crippen molar-refractivity contribution in [1.82, 2.24) is 19.7 Å². The molecule has 0 atom stereocenters. The summed E-state index contributed by atoms with van der Waals surface area (Å²) in [6, 6.07) is 11.9. The van der Waals surface area contributed by atoms with Gasteiger partial charge in [0.2, 0.25) is 0 Å². The predicted octanol–water partition coefficient (Wildman–Crippen LogP) is 5.87. The van der Waals surface area contributed by atoms with Crippen molar-refractivity contribution in [2.24, 2.45) is 0 Å². The standard InChI is InChI=1S/C21H17F2N3O.C6H8N2/c1-12-2-4-16-19(15-5-3-14(22)10-18(15)23)25-21(13-6-8-27-9-7-13)26-20(16)17(12)11-24;1-4-7-8(5-1)6-2-3-6/h2-5,10,13H,6-9H2,1H3;1,4-6H,2-3H2. The molecule has 1 saturated heterocycles. The maximum atomic E-state index is 14.5. The Bertz CT molecular complexity index is 1390. The van der Waals surface area contributed by atoms with Crippen LogP contribution in [0.4, 0.5) is 8.78 Å². The molecule has 8 heteroatoms. The summed E-state index contributed by atoms with van der Waals surface area (Å²) in [7, 11) is 0. The molecule has 6 rings (SSSR count). The average molecular weight is 474 g/mol. The fourth-order valence-corrected chi connectivity index (χ4v) is 4.32. The van der Waals surface area contributed by atoms with Crippen molar-refractivity contribution in [2.75, 3.05) is 13.2 Å². The van der Waals surface area contributed by atoms with E-state index in [0.29, 0.717) is 41.2 Å². The third kappa shape index (κ3) is 4.91. The molecule has 6 nitrogen and oxygen atoms in total. The first-order chi connectivity index (χ1) is 17.0. The lowest BCUT2D eigenvalue weighted by atomic mass is 9.96. The van der Waals surface area contributed by atoms with Crippen LogP contribution in [-0.2, 0) is 4.74 Å². The summed E-state index contributed by atoms with van der Waals surface area (Å²) < 4.78 is 35.3. The molecule has 0 bridgehead atoms. The molecule has 4 aromatic rings. The number of rotatable bonds is 3. The summed E-state index contributed by atoms with van der Waals surface area (Å²) in [6.45, 7) is 3.07. The molecular weight excluding hydrogens is 448 g/mol. The Labute approximate surface area is 202 Å². The number of aryl methyl sites for hydroxylation is 1. The number of nitrogens with zero attached hydrogens (tertiary/aromatic N) is 5. The van der Waals surface area contributed by atoms with Crippen LogP contribution in [0.2, 0.25) is 0 Å². The largest absolute Gasteiger partial charge is 0.381 e. The van der Waals surface area contributed by atoms with Gasteiger partial charge in [0, 0.05) is 48.5 Å². The van der Waals surface area contributed by atoms with Crippen molar-refractivity contribution in [1.29, 1.82) is 5.26 Å². The van der Waals surface area contributed by atoms with Crippen LogP contribution in [-0.4, -0.2) is 33.0 Å². The normalized spacial score (nSPS) is 15.9. The zero-order valence-electron chi connectivity index (χ0n) is 19.4. The van der Waals surface area contributed by atoms with E-state index in [-0.39, 0.29) is 11.5 Å². The minimum Gasteiger partial charge on any atom is -0.381 e. The van der Waals surface area contributed by atoms with Crippen LogP contribution in [0, 0.1) is 29.9 Å². The Morgan fingerprint density at radius 1 is 1.06 bits per heavy atom. The minimum absolute atomic E-state index is 0.0810. The Morgan fingerprint density at radius 2 is 1.86 bits per heavy atom. The molecule has 1 aliphatic heterocycles. The van der Waals surface area contributed by atoms with E-state index in [1.807, 2.05) is 30.1 Å². The molecule has 0 spiro atoms. The van der Waals surface area contributed by atoms with Crippen molar-refractivity contribution in [2.45, 2.75) is 44.6 Å². The molecule has 0 unspecified atom stereocenters. The predicted molar refractivity (Wildman–Crippen MR) is 128 cm³/mol. The third-order valence-corrected chi connectivity index (χ3v) is 6.42. The fourth-order valence-electron chi connectivity index (χ4n) is 4.32. The maximum Gasteiger partial charge on any atom is 0.135 e. The van der Waals surface area contributed by atoms with E-state index in [0.717, 1.165) is 30.5 Å². The zero-order chi connectivity index (χ0) is 24.4. The molecule has 35 heavy (non-hydrogen) atoms. The molecule has 0 radical (unpaired) electrons. The highest BCUT2D eigenvalue weighted by molar-refractivity contribution is 5.96. The van der Waals surface area contributed by atoms with Crippen molar-refractivity contribution in [3.05, 3.63) is 77.4 Å². The lowest BCUT2D eigenvalue weighted by Gasteiger charge is -2.22. The molecule has 2 aromatic heterocycles. The molecule has 3 heterocycles. The number of hydrogen-bond acceptors (Lipinski definition) is 5. The molecule has 2 aliphatic rings. The quantitative estimate of drug-likeness (QED) is 0.372. The number of ether oxygens (including phenoxy) is 1. The van der Waals surface area contributed by atoms with Gasteiger partial charge in [0.15, 0.2) is 0 Å². The van der Waals surface area contributed by atoms with Crippen molar-refractivity contribution in [3.8, 4) is 17.3 Å². The van der Waals surface area contributed by atoms with Gasteiger partial charge in [-0.2, -0.15) is 10.4 Å². The summed E-state index contributed by atoms with van der Waals surface area (Å²) >= 11 is 0. The molecule has 1 saturated carbocycles. The second-order valence-corrected chi connectivity index (χ2v) is 8.92. The first kappa shape index (κ1) is 23.1. The van der Waals surface area contributed by atoms with Crippen molar-refractivity contribution in [3.63, 3.8) is 0 Å². The highest BCUT2D eigenvalue weighted by Crippen LogP contribution is 2.35. The van der Waals surface area contributed by atoms with Gasteiger partial charge in [0.05, 0.1) is 22.8 Å². The van der Waals surface area contributed by atoms with E-state index in [9.17, 15) is 14.0 Å². The van der Waals surface area contributed by atoms with Crippen LogP contribution in [0.25, 0.3) is 22.2 Å². The summed E-state index contributed by atoms with van der Waals surface area (Å²) in [5, 5.41) is 14.3. The van der Waals surface area contributed by atoms with E-state index in [1.54, 1.807) is 12.1 Å². The fraction of sp³-hybridized carbons (Fsp3) is 0.333. The highest BCUT2D eigenvalue weighted by atomic mass is 19.1. The molecule has 1 aliphatic carbocycles. The Balaban J connectivity index is 0.000000265. The summed E-state index contributed by atoms with van der Waals surface area (Å²) in [4.78, 5) is 9.33. The van der Waals surface area contributed by atoms with Crippen LogP contribution in [0.1, 0.15) is 54.6 Å². The van der Waals surface area contributed by atoms with E-state index >= 15 is 0 Å². The number of halogens is 2. The molecule has 0 N–H and O–H groups in total. The van der Waals surface area contributed by atoms with Gasteiger partial charge in [-0.25, -0.2) is 18.7 Å². The van der Waals surface area contributed by atoms with E-state index in [4.69, 9.17) is 4.74 Å². The average Bonchev–Trinajstić information content (AvgIpc) is 3.58. The van der Waals surface area contributed by atoms with Gasteiger partial charge in [-0.15, -0.1) is 0 Å². The second kappa shape index (κ2) is 9.88. The molecule has 2 aromatic carbocycles. The van der Waals surface area contributed by atoms with Gasteiger partial charge in [0.25, 0.3) is 0 Å². The first-order valence-corrected chi connectivity index (χ1v) is 11.8. The number of fused-ring (bicyclic) bond motifs is 1. The minimum atomic E-state index is -0.688. The van der Waals surface area contributed by atoms with E-state index in [2.05, 4.69) is 21.1 Å². The van der Waals surface area contributed by atoms with Gasteiger partial charge >= 0.3 is 0 Å². The van der Waals surface area contributed by atoms with E-state index in [1.165, 1.54) is 25.0 Å². The maximum absolute atomic E-state index is 14.5. The second-order valence-electron chi connectivity index (χ2n) is 8.92. The van der Waals surface area contributed by atoms with Crippen LogP contribution < -0.4 is 0 Å². The number of aromatic nitrogens is 4. The Morgan fingerprint density at radius 3 is 2.51 bits per heavy atom. The lowest BCUT2D eigenvalue weighted by molar-refractivity contribution is 0.0837. The van der Waals surface area contributed by atoms with Gasteiger partial charge < -0.3 is 4.74 Å². The first-order valence-electron chi connectivity index (χ1n) is 11.8. The molecular formula is C27H25F2N5O. The van der Waals surface area contributed by atoms with Gasteiger partial charge in [-0.1, -0.05) is 12.1 Å². The third-order valence-electron chi connectivity index (χ3n) is 6.42. The Kier molecular flexibility index (Phi) is 6.51. The zero-order valence-corrected chi connectivity index (χ0v) is 19.4. The molecule has 178 valence electrons. The summed E-state index contributed by atoms with van der Waals surface area (Å²) in [6.07, 6.45) is 8.04. The Hall–Kier alpha value is -3.70. The van der Waals surface area contributed by atoms with Crippen molar-refractivity contribution >= 4 is 10.9 Å². The smallest absolute Gasteiger partial charge is 0.135 e.